The number of rotatable bonds is 10. The van der Waals surface area contributed by atoms with E-state index in [1.54, 1.807) is 12.1 Å². The zero-order chi connectivity index (χ0) is 22.6. The molecule has 0 aliphatic heterocycles. The highest BCUT2D eigenvalue weighted by atomic mass is 32.3. The van der Waals surface area contributed by atoms with Crippen LogP contribution in [0.15, 0.2) is 29.3 Å². The van der Waals surface area contributed by atoms with Crippen molar-refractivity contribution in [2.24, 2.45) is 28.1 Å². The van der Waals surface area contributed by atoms with Crippen LogP contribution in [-0.2, 0) is 26.4 Å². The van der Waals surface area contributed by atoms with Crippen LogP contribution in [-0.4, -0.2) is 58.0 Å². The average molecular weight is 434 g/mol. The number of nitrogens with two attached hydrogens (primary N) is 3. The molecule has 0 aliphatic rings. The number of carbonyl (C=O) groups is 2. The number of carboxylic acid groups (broad SMARTS) is 1. The van der Waals surface area contributed by atoms with Gasteiger partial charge in [0.25, 0.3) is 0 Å². The summed E-state index contributed by atoms with van der Waals surface area (Å²) in [6.45, 7) is 0.374. The minimum atomic E-state index is -4.67. The van der Waals surface area contributed by atoms with Gasteiger partial charge >= 0.3 is 16.4 Å². The molecule has 1 rings (SSSR count). The van der Waals surface area contributed by atoms with Gasteiger partial charge in [0, 0.05) is 13.0 Å². The third-order valence-corrected chi connectivity index (χ3v) is 3.60. The Morgan fingerprint density at radius 2 is 1.62 bits per heavy atom. The number of carbonyl (C=O) groups excluding carboxylic acids is 1. The minimum Gasteiger partial charge on any atom is -0.508 e. The van der Waals surface area contributed by atoms with Crippen LogP contribution in [0.4, 0.5) is 0 Å². The number of ketones is 1. The van der Waals surface area contributed by atoms with Crippen LogP contribution in [0.3, 0.4) is 0 Å². The maximum absolute atomic E-state index is 12.1. The summed E-state index contributed by atoms with van der Waals surface area (Å²) in [5.41, 5.74) is 16.9. The van der Waals surface area contributed by atoms with E-state index in [1.165, 1.54) is 12.1 Å². The molecule has 0 fully saturated rings. The molecule has 0 spiro atoms. The van der Waals surface area contributed by atoms with Crippen molar-refractivity contribution in [3.05, 3.63) is 29.8 Å². The Hall–Kier alpha value is -2.74. The summed E-state index contributed by atoms with van der Waals surface area (Å²) in [5.74, 6) is -2.12. The predicted molar refractivity (Wildman–Crippen MR) is 105 cm³/mol. The molecule has 0 bridgehead atoms. The fourth-order valence-corrected chi connectivity index (χ4v) is 2.24. The topological polar surface area (TPSA) is 240 Å². The van der Waals surface area contributed by atoms with Crippen molar-refractivity contribution in [3.63, 3.8) is 0 Å². The molecule has 29 heavy (non-hydrogen) atoms. The lowest BCUT2D eigenvalue weighted by atomic mass is 9.91. The Morgan fingerprint density at radius 3 is 2.07 bits per heavy atom. The van der Waals surface area contributed by atoms with Gasteiger partial charge in [-0.1, -0.05) is 12.1 Å². The molecule has 0 aliphatic carbocycles. The molecule has 1 aromatic rings. The zero-order valence-corrected chi connectivity index (χ0v) is 16.3. The van der Waals surface area contributed by atoms with E-state index in [2.05, 4.69) is 4.99 Å². The number of hydrogen-bond donors (Lipinski definition) is 7. The first-order chi connectivity index (χ1) is 13.3. The maximum Gasteiger partial charge on any atom is 0.394 e. The quantitative estimate of drug-likeness (QED) is 0.105. The number of hydrogen-bond acceptors (Lipinski definition) is 7. The Bertz CT molecular complexity index is 784. The largest absolute Gasteiger partial charge is 0.508 e. The van der Waals surface area contributed by atoms with Crippen LogP contribution < -0.4 is 17.2 Å². The first-order valence-corrected chi connectivity index (χ1v) is 9.73. The van der Waals surface area contributed by atoms with Gasteiger partial charge in [-0.25, -0.2) is 0 Å². The first-order valence-electron chi connectivity index (χ1n) is 8.34. The zero-order valence-electron chi connectivity index (χ0n) is 15.5. The van der Waals surface area contributed by atoms with E-state index in [1.807, 2.05) is 0 Å². The van der Waals surface area contributed by atoms with E-state index >= 15 is 0 Å². The Morgan fingerprint density at radius 1 is 1.10 bits per heavy atom. The van der Waals surface area contributed by atoms with Crippen LogP contribution in [0.5, 0.6) is 5.75 Å². The molecule has 0 saturated carbocycles. The van der Waals surface area contributed by atoms with Crippen LogP contribution >= 0.6 is 0 Å². The van der Waals surface area contributed by atoms with Gasteiger partial charge in [-0.05, 0) is 37.0 Å². The summed E-state index contributed by atoms with van der Waals surface area (Å²) in [6, 6.07) is 5.48. The van der Waals surface area contributed by atoms with Crippen molar-refractivity contribution in [1.29, 1.82) is 0 Å². The maximum atomic E-state index is 12.1. The van der Waals surface area contributed by atoms with Gasteiger partial charge in [0.2, 0.25) is 0 Å². The molecule has 2 atom stereocenters. The van der Waals surface area contributed by atoms with Gasteiger partial charge in [0.05, 0.1) is 12.0 Å². The summed E-state index contributed by atoms with van der Waals surface area (Å²) >= 11 is 0. The van der Waals surface area contributed by atoms with E-state index in [0.29, 0.717) is 19.4 Å². The van der Waals surface area contributed by atoms with E-state index in [0.717, 1.165) is 5.56 Å². The third-order valence-electron chi connectivity index (χ3n) is 3.60. The molecule has 12 nitrogen and oxygen atoms in total. The number of carboxylic acids is 1. The smallest absolute Gasteiger partial charge is 0.394 e. The van der Waals surface area contributed by atoms with Crippen LogP contribution in [0.1, 0.15) is 24.8 Å². The molecular formula is C16H26N4O8S. The number of phenols is 1. The second kappa shape index (κ2) is 12.7. The molecule has 0 saturated heterocycles. The molecule has 0 unspecified atom stereocenters. The highest BCUT2D eigenvalue weighted by Crippen LogP contribution is 2.17. The third kappa shape index (κ3) is 14.9. The SMILES string of the molecule is NC(N)=NCCC[C@@H](N)C(=O)C[C@H](Cc1ccc(O)cc1)C(=O)O.O=S(=O)(O)O. The van der Waals surface area contributed by atoms with Gasteiger partial charge in [0.15, 0.2) is 5.96 Å². The van der Waals surface area contributed by atoms with Crippen LogP contribution in [0.2, 0.25) is 0 Å². The Labute approximate surface area is 168 Å². The summed E-state index contributed by atoms with van der Waals surface area (Å²) in [6.07, 6.45) is 0.989. The van der Waals surface area contributed by atoms with Crippen molar-refractivity contribution in [2.45, 2.75) is 31.7 Å². The summed E-state index contributed by atoms with van der Waals surface area (Å²) in [4.78, 5) is 27.3. The number of Topliss-reactive ketones (excluding diaryl/α,β-unsaturated/α-hetero) is 1. The molecule has 164 valence electrons. The minimum absolute atomic E-state index is 0.0188. The number of aromatic hydroxyl groups is 1. The van der Waals surface area contributed by atoms with Gasteiger partial charge in [-0.15, -0.1) is 0 Å². The van der Waals surface area contributed by atoms with Gasteiger partial charge in [-0.3, -0.25) is 23.7 Å². The molecule has 0 radical (unpaired) electrons. The van der Waals surface area contributed by atoms with Crippen molar-refractivity contribution < 1.29 is 37.3 Å². The summed E-state index contributed by atoms with van der Waals surface area (Å²) in [7, 11) is -4.67. The Balaban J connectivity index is 0.00000139. The average Bonchev–Trinajstić information content (AvgIpc) is 2.58. The molecule has 0 heterocycles. The summed E-state index contributed by atoms with van der Waals surface area (Å²) < 4.78 is 31.6. The van der Waals surface area contributed by atoms with E-state index in [4.69, 9.17) is 34.7 Å². The lowest BCUT2D eigenvalue weighted by molar-refractivity contribution is -0.143. The number of benzene rings is 1. The molecule has 13 heteroatoms. The lowest BCUT2D eigenvalue weighted by Crippen LogP contribution is -2.34. The number of nitrogens with zero attached hydrogens (tertiary/aromatic N) is 1. The van der Waals surface area contributed by atoms with E-state index < -0.39 is 28.3 Å². The number of aliphatic carboxylic acids is 1. The van der Waals surface area contributed by atoms with E-state index in [9.17, 15) is 19.8 Å². The molecule has 1 aromatic carbocycles. The summed E-state index contributed by atoms with van der Waals surface area (Å²) in [5, 5.41) is 18.6. The monoisotopic (exact) mass is 434 g/mol. The van der Waals surface area contributed by atoms with Crippen molar-refractivity contribution >= 4 is 28.1 Å². The fourth-order valence-electron chi connectivity index (χ4n) is 2.24. The van der Waals surface area contributed by atoms with Gasteiger partial charge in [-0.2, -0.15) is 8.42 Å². The van der Waals surface area contributed by atoms with Gasteiger partial charge in [0.1, 0.15) is 11.5 Å². The first kappa shape index (κ1) is 26.3. The fraction of sp³-hybridized carbons (Fsp3) is 0.438. The molecule has 0 amide bonds. The van der Waals surface area contributed by atoms with Crippen molar-refractivity contribution in [3.8, 4) is 5.75 Å². The Kier molecular flexibility index (Phi) is 11.5. The predicted octanol–water partition coefficient (Wildman–Crippen LogP) is -0.677. The standard InChI is InChI=1S/C16H24N4O4.H2O4S/c17-13(2-1-7-20-16(18)19)14(22)9-11(15(23)24)8-10-3-5-12(21)6-4-10;1-5(2,3)4/h3-6,11,13,21H,1-2,7-9,17H2,(H,23,24)(H4,18,19,20);(H2,1,2,3,4)/t11-,13+;/m0./s1. The van der Waals surface area contributed by atoms with Gasteiger partial charge < -0.3 is 27.4 Å². The number of guanidine groups is 1. The second-order valence-corrected chi connectivity index (χ2v) is 6.97. The van der Waals surface area contributed by atoms with Crippen molar-refractivity contribution in [1.82, 2.24) is 0 Å². The molecule has 0 aromatic heterocycles. The second-order valence-electron chi connectivity index (χ2n) is 6.08. The molecular weight excluding hydrogens is 408 g/mol. The van der Waals surface area contributed by atoms with Crippen LogP contribution in [0, 0.1) is 5.92 Å². The normalized spacial score (nSPS) is 12.8. The highest BCUT2D eigenvalue weighted by Gasteiger charge is 2.24. The number of aliphatic imine (C=N–C) groups is 1. The lowest BCUT2D eigenvalue weighted by Gasteiger charge is -2.15. The molecule has 10 N–H and O–H groups in total. The highest BCUT2D eigenvalue weighted by molar-refractivity contribution is 7.79. The van der Waals surface area contributed by atoms with Crippen LogP contribution in [0.25, 0.3) is 0 Å². The van der Waals surface area contributed by atoms with E-state index in [-0.39, 0.29) is 30.3 Å². The number of phenolic OH excluding ortho intramolecular Hbond substituents is 1. The van der Waals surface area contributed by atoms with Crippen molar-refractivity contribution in [2.75, 3.05) is 6.54 Å².